The summed E-state index contributed by atoms with van der Waals surface area (Å²) in [5.74, 6) is 0. The monoisotopic (exact) mass is 475 g/mol. The summed E-state index contributed by atoms with van der Waals surface area (Å²) in [5.41, 5.74) is -0.144. The molecule has 0 aromatic carbocycles. The lowest BCUT2D eigenvalue weighted by molar-refractivity contribution is -0.116. The van der Waals surface area contributed by atoms with E-state index < -0.39 is 16.6 Å². The van der Waals surface area contributed by atoms with E-state index in [0.717, 1.165) is 19.4 Å². The second-order valence-corrected chi connectivity index (χ2v) is 23.5. The minimum Gasteiger partial charge on any atom is -0.416 e. The zero-order valence-corrected chi connectivity index (χ0v) is 26.0. The number of nitrogens with one attached hydrogen (secondary N) is 1. The highest BCUT2D eigenvalue weighted by molar-refractivity contribution is 6.74. The van der Waals surface area contributed by atoms with Gasteiger partial charge in [0.05, 0.1) is 0 Å². The number of aldehydes is 1. The fourth-order valence-corrected chi connectivity index (χ4v) is 4.09. The van der Waals surface area contributed by atoms with Gasteiger partial charge in [-0.25, -0.2) is 0 Å². The molecule has 0 saturated heterocycles. The van der Waals surface area contributed by atoms with E-state index in [2.05, 4.69) is 101 Å². The topological polar surface area (TPSA) is 47.6 Å². The molecule has 6 heteroatoms. The van der Waals surface area contributed by atoms with Gasteiger partial charge in [0.1, 0.15) is 6.29 Å². The Bertz CT molecular complexity index is 528. The van der Waals surface area contributed by atoms with Gasteiger partial charge < -0.3 is 19.0 Å². The van der Waals surface area contributed by atoms with Gasteiger partial charge in [-0.3, -0.25) is 0 Å². The van der Waals surface area contributed by atoms with Crippen molar-refractivity contribution in [2.75, 3.05) is 19.8 Å². The third-order valence-electron chi connectivity index (χ3n) is 6.55. The average Bonchev–Trinajstić information content (AvgIpc) is 2.56. The molecule has 0 fully saturated rings. The van der Waals surface area contributed by atoms with Crippen LogP contribution in [0.15, 0.2) is 0 Å². The van der Waals surface area contributed by atoms with Crippen LogP contribution in [-0.2, 0) is 13.6 Å². The molecular weight excluding hydrogens is 418 g/mol. The lowest BCUT2D eigenvalue weighted by atomic mass is 9.95. The minimum absolute atomic E-state index is 0.208. The van der Waals surface area contributed by atoms with Crippen LogP contribution in [0.25, 0.3) is 0 Å². The number of hydrogen-bond acceptors (Lipinski definition) is 4. The average molecular weight is 476 g/mol. The Labute approximate surface area is 197 Å². The van der Waals surface area contributed by atoms with E-state index in [-0.39, 0.29) is 15.9 Å². The summed E-state index contributed by atoms with van der Waals surface area (Å²) in [6, 6.07) is 0.544. The summed E-state index contributed by atoms with van der Waals surface area (Å²) >= 11 is 0. The van der Waals surface area contributed by atoms with Crippen LogP contribution in [0.1, 0.15) is 83.1 Å². The van der Waals surface area contributed by atoms with Crippen LogP contribution in [0.4, 0.5) is 0 Å². The summed E-state index contributed by atoms with van der Waals surface area (Å²) in [5, 5.41) is 4.01. The van der Waals surface area contributed by atoms with Gasteiger partial charge in [0.15, 0.2) is 16.6 Å². The van der Waals surface area contributed by atoms with Crippen molar-refractivity contribution in [3.63, 3.8) is 0 Å². The van der Waals surface area contributed by atoms with Gasteiger partial charge in [-0.05, 0) is 41.7 Å². The zero-order valence-electron chi connectivity index (χ0n) is 24.0. The number of hydrogen-bond donors (Lipinski definition) is 1. The first-order chi connectivity index (χ1) is 13.4. The van der Waals surface area contributed by atoms with E-state index in [4.69, 9.17) is 8.85 Å². The van der Waals surface area contributed by atoms with Crippen LogP contribution in [-0.4, -0.2) is 48.7 Å². The van der Waals surface area contributed by atoms with E-state index in [1.165, 1.54) is 0 Å². The first-order valence-corrected chi connectivity index (χ1v) is 17.7. The molecule has 0 saturated carbocycles. The summed E-state index contributed by atoms with van der Waals surface area (Å²) in [6.45, 7) is 37.7. The molecule has 0 unspecified atom stereocenters. The summed E-state index contributed by atoms with van der Waals surface area (Å²) in [4.78, 5) is 10.7. The molecule has 0 aliphatic heterocycles. The van der Waals surface area contributed by atoms with Crippen LogP contribution in [0.5, 0.6) is 0 Å². The van der Waals surface area contributed by atoms with Crippen molar-refractivity contribution in [2.45, 2.75) is 125 Å². The maximum Gasteiger partial charge on any atom is 0.192 e. The quantitative estimate of drug-likeness (QED) is 0.267. The molecule has 31 heavy (non-hydrogen) atoms. The highest BCUT2D eigenvalue weighted by Crippen LogP contribution is 2.38. The molecule has 0 heterocycles. The van der Waals surface area contributed by atoms with Crippen molar-refractivity contribution < 1.29 is 13.6 Å². The van der Waals surface area contributed by atoms with Crippen molar-refractivity contribution in [3.05, 3.63) is 0 Å². The fraction of sp³-hybridized carbons (Fsp3) is 0.960. The first kappa shape index (κ1) is 33.2. The van der Waals surface area contributed by atoms with Gasteiger partial charge in [-0.15, -0.1) is 0 Å². The second kappa shape index (κ2) is 11.9. The molecule has 0 aliphatic rings. The van der Waals surface area contributed by atoms with Crippen molar-refractivity contribution in [1.82, 2.24) is 5.32 Å². The highest BCUT2D eigenvalue weighted by Gasteiger charge is 2.39. The van der Waals surface area contributed by atoms with Crippen molar-refractivity contribution >= 4 is 22.9 Å². The summed E-state index contributed by atoms with van der Waals surface area (Å²) in [6.07, 6.45) is 0.972. The lowest BCUT2D eigenvalue weighted by Crippen LogP contribution is -2.45. The first-order valence-electron chi connectivity index (χ1n) is 11.9. The molecule has 0 aromatic rings. The van der Waals surface area contributed by atoms with Gasteiger partial charge in [0, 0.05) is 31.2 Å². The van der Waals surface area contributed by atoms with Crippen LogP contribution < -0.4 is 5.32 Å². The Morgan fingerprint density at radius 3 is 1.39 bits per heavy atom. The van der Waals surface area contributed by atoms with Crippen molar-refractivity contribution in [2.24, 2.45) is 10.8 Å². The van der Waals surface area contributed by atoms with E-state index in [1.807, 2.05) is 13.8 Å². The van der Waals surface area contributed by atoms with Gasteiger partial charge in [-0.1, -0.05) is 83.1 Å². The van der Waals surface area contributed by atoms with Crippen LogP contribution >= 0.6 is 0 Å². The fourth-order valence-electron chi connectivity index (χ4n) is 1.74. The van der Waals surface area contributed by atoms with Crippen molar-refractivity contribution in [1.29, 1.82) is 0 Å². The standard InChI is InChI=1S/C14H33NOSi.C11H24O2Si/c1-12(2)15-10-14(6,7)11-16-17(8,9)13(3,4)5;1-10(2,3)14(6,7)13-9-11(4,5)8-12/h12,15H,10-11H2,1-9H3;8H,9H2,1-7H3. The van der Waals surface area contributed by atoms with Crippen molar-refractivity contribution in [3.8, 4) is 0 Å². The predicted molar refractivity (Wildman–Crippen MR) is 143 cm³/mol. The molecule has 0 rings (SSSR count). The molecule has 188 valence electrons. The Balaban J connectivity index is 0. The molecular formula is C25H57NO3Si2. The van der Waals surface area contributed by atoms with Gasteiger partial charge >= 0.3 is 0 Å². The number of carbonyl (C=O) groups is 1. The predicted octanol–water partition coefficient (Wildman–Crippen LogP) is 7.27. The third kappa shape index (κ3) is 14.0. The van der Waals surface area contributed by atoms with Gasteiger partial charge in [-0.2, -0.15) is 0 Å². The maximum absolute atomic E-state index is 10.7. The molecule has 1 N–H and O–H groups in total. The second-order valence-electron chi connectivity index (χ2n) is 13.9. The molecule has 0 aliphatic carbocycles. The van der Waals surface area contributed by atoms with E-state index >= 15 is 0 Å². The van der Waals surface area contributed by atoms with Gasteiger partial charge in [0.25, 0.3) is 0 Å². The zero-order chi connectivity index (χ0) is 25.5. The van der Waals surface area contributed by atoms with E-state index in [9.17, 15) is 4.79 Å². The van der Waals surface area contributed by atoms with Crippen LogP contribution in [0, 0.1) is 10.8 Å². The van der Waals surface area contributed by atoms with Gasteiger partial charge in [0.2, 0.25) is 0 Å². The Morgan fingerprint density at radius 1 is 0.742 bits per heavy atom. The number of rotatable bonds is 10. The Kier molecular flexibility index (Phi) is 12.7. The molecule has 4 nitrogen and oxygen atoms in total. The van der Waals surface area contributed by atoms with Crippen LogP contribution in [0.3, 0.4) is 0 Å². The lowest BCUT2D eigenvalue weighted by Gasteiger charge is -2.39. The largest absolute Gasteiger partial charge is 0.416 e. The van der Waals surface area contributed by atoms with Crippen LogP contribution in [0.2, 0.25) is 36.3 Å². The molecule has 0 bridgehead atoms. The summed E-state index contributed by atoms with van der Waals surface area (Å²) in [7, 11) is -3.29. The normalized spacial score (nSPS) is 14.4. The molecule has 0 spiro atoms. The SMILES string of the molecule is CC(C)(C=O)CO[Si](C)(C)C(C)(C)C.CC(C)NCC(C)(C)CO[Si](C)(C)C(C)(C)C. The smallest absolute Gasteiger partial charge is 0.192 e. The molecule has 0 radical (unpaired) electrons. The van der Waals surface area contributed by atoms with E-state index in [0.29, 0.717) is 17.7 Å². The molecule has 0 atom stereocenters. The Morgan fingerprint density at radius 2 is 1.10 bits per heavy atom. The Hall–Kier alpha value is -0.0162. The number of carbonyl (C=O) groups excluding carboxylic acids is 1. The summed E-state index contributed by atoms with van der Waals surface area (Å²) < 4.78 is 12.2. The maximum atomic E-state index is 10.7. The minimum atomic E-state index is -1.69. The molecule has 0 amide bonds. The van der Waals surface area contributed by atoms with E-state index in [1.54, 1.807) is 0 Å². The molecule has 0 aromatic heterocycles. The third-order valence-corrected chi connectivity index (χ3v) is 15.5. The highest BCUT2D eigenvalue weighted by atomic mass is 28.4.